The molecule has 0 aliphatic heterocycles. The van der Waals surface area contributed by atoms with Crippen LogP contribution in [0.15, 0.2) is 54.6 Å². The second kappa shape index (κ2) is 9.30. The predicted molar refractivity (Wildman–Crippen MR) is 87.8 cm³/mol. The van der Waals surface area contributed by atoms with Crippen molar-refractivity contribution in [1.82, 2.24) is 5.32 Å². The number of hydrogen-bond acceptors (Lipinski definition) is 4. The van der Waals surface area contributed by atoms with E-state index in [2.05, 4.69) is 5.32 Å². The number of benzene rings is 2. The fraction of sp³-hybridized carbons (Fsp3) is 0.294. The highest BCUT2D eigenvalue weighted by atomic mass is 35.5. The molecule has 0 fully saturated rings. The Balaban J connectivity index is 1.54. The van der Waals surface area contributed by atoms with E-state index in [-0.39, 0.29) is 6.61 Å². The van der Waals surface area contributed by atoms with Gasteiger partial charge in [-0.05, 0) is 30.3 Å². The molecule has 2 aromatic carbocycles. The highest BCUT2D eigenvalue weighted by Gasteiger charge is 2.04. The zero-order valence-corrected chi connectivity index (χ0v) is 13.0. The number of aliphatic hydroxyl groups is 1. The molecule has 0 aromatic heterocycles. The van der Waals surface area contributed by atoms with Crippen molar-refractivity contribution in [2.75, 3.05) is 26.3 Å². The standard InChI is InChI=1S/C17H20ClNO3/c18-14-5-4-8-17(11-14)21-10-9-19-12-15(20)13-22-16-6-2-1-3-7-16/h1-8,11,15,19-20H,9-10,12-13H2/t15-/m0/s1. The summed E-state index contributed by atoms with van der Waals surface area (Å²) in [6, 6.07) is 16.7. The Morgan fingerprint density at radius 3 is 2.55 bits per heavy atom. The molecule has 0 aliphatic rings. The van der Waals surface area contributed by atoms with Crippen LogP contribution in [-0.4, -0.2) is 37.5 Å². The molecule has 0 saturated heterocycles. The molecule has 2 rings (SSSR count). The first-order valence-corrected chi connectivity index (χ1v) is 7.57. The summed E-state index contributed by atoms with van der Waals surface area (Å²) >= 11 is 5.87. The molecule has 22 heavy (non-hydrogen) atoms. The molecular weight excluding hydrogens is 302 g/mol. The van der Waals surface area contributed by atoms with Crippen molar-refractivity contribution >= 4 is 11.6 Å². The molecule has 0 amide bonds. The molecular formula is C17H20ClNO3. The summed E-state index contributed by atoms with van der Waals surface area (Å²) < 4.78 is 11.0. The van der Waals surface area contributed by atoms with Crippen LogP contribution >= 0.6 is 11.6 Å². The van der Waals surface area contributed by atoms with Gasteiger partial charge in [0.1, 0.15) is 30.8 Å². The summed E-state index contributed by atoms with van der Waals surface area (Å²) in [5.41, 5.74) is 0. The van der Waals surface area contributed by atoms with E-state index in [1.165, 1.54) is 0 Å². The predicted octanol–water partition coefficient (Wildman–Crippen LogP) is 2.75. The van der Waals surface area contributed by atoms with Crippen molar-refractivity contribution in [2.24, 2.45) is 0 Å². The summed E-state index contributed by atoms with van der Waals surface area (Å²) in [5, 5.41) is 13.6. The average Bonchev–Trinajstić information content (AvgIpc) is 2.54. The summed E-state index contributed by atoms with van der Waals surface area (Å²) in [6.45, 7) is 1.85. The smallest absolute Gasteiger partial charge is 0.120 e. The number of halogens is 1. The Kier molecular flexibility index (Phi) is 7.03. The lowest BCUT2D eigenvalue weighted by molar-refractivity contribution is 0.105. The maximum Gasteiger partial charge on any atom is 0.120 e. The Hall–Kier alpha value is -1.75. The van der Waals surface area contributed by atoms with Crippen molar-refractivity contribution in [3.8, 4) is 11.5 Å². The minimum Gasteiger partial charge on any atom is -0.492 e. The number of aliphatic hydroxyl groups excluding tert-OH is 1. The van der Waals surface area contributed by atoms with Crippen LogP contribution in [0.5, 0.6) is 11.5 Å². The molecule has 0 unspecified atom stereocenters. The Bertz CT molecular complexity index is 551. The summed E-state index contributed by atoms with van der Waals surface area (Å²) in [7, 11) is 0. The third kappa shape index (κ3) is 6.35. The van der Waals surface area contributed by atoms with Gasteiger partial charge in [0.05, 0.1) is 0 Å². The quantitative estimate of drug-likeness (QED) is 0.697. The van der Waals surface area contributed by atoms with Crippen molar-refractivity contribution < 1.29 is 14.6 Å². The maximum atomic E-state index is 9.82. The van der Waals surface area contributed by atoms with E-state index < -0.39 is 6.10 Å². The van der Waals surface area contributed by atoms with Crippen LogP contribution in [-0.2, 0) is 0 Å². The van der Waals surface area contributed by atoms with Gasteiger partial charge in [-0.15, -0.1) is 0 Å². The molecule has 0 saturated carbocycles. The number of para-hydroxylation sites is 1. The van der Waals surface area contributed by atoms with Gasteiger partial charge in [0.25, 0.3) is 0 Å². The van der Waals surface area contributed by atoms with Crippen LogP contribution in [0.3, 0.4) is 0 Å². The normalized spacial score (nSPS) is 11.9. The van der Waals surface area contributed by atoms with E-state index in [0.29, 0.717) is 24.7 Å². The fourth-order valence-corrected chi connectivity index (χ4v) is 2.01. The van der Waals surface area contributed by atoms with Gasteiger partial charge in [-0.25, -0.2) is 0 Å². The van der Waals surface area contributed by atoms with Gasteiger partial charge >= 0.3 is 0 Å². The average molecular weight is 322 g/mol. The third-order valence-corrected chi connectivity index (χ3v) is 3.14. The number of nitrogens with one attached hydrogen (secondary N) is 1. The monoisotopic (exact) mass is 321 g/mol. The van der Waals surface area contributed by atoms with Gasteiger partial charge in [0.2, 0.25) is 0 Å². The van der Waals surface area contributed by atoms with Crippen LogP contribution in [0, 0.1) is 0 Å². The van der Waals surface area contributed by atoms with E-state index in [1.54, 1.807) is 12.1 Å². The van der Waals surface area contributed by atoms with Crippen LogP contribution in [0.4, 0.5) is 0 Å². The SMILES string of the molecule is O[C@@H](CNCCOc1cccc(Cl)c1)COc1ccccc1. The second-order valence-corrected chi connectivity index (χ2v) is 5.22. The van der Waals surface area contributed by atoms with Gasteiger partial charge in [-0.2, -0.15) is 0 Å². The lowest BCUT2D eigenvalue weighted by atomic mass is 10.3. The molecule has 0 radical (unpaired) electrons. The second-order valence-electron chi connectivity index (χ2n) is 4.79. The molecule has 2 aromatic rings. The van der Waals surface area contributed by atoms with Gasteiger partial charge in [-0.1, -0.05) is 35.9 Å². The van der Waals surface area contributed by atoms with E-state index >= 15 is 0 Å². The molecule has 0 heterocycles. The molecule has 0 spiro atoms. The molecule has 118 valence electrons. The van der Waals surface area contributed by atoms with Crippen molar-refractivity contribution in [3.05, 3.63) is 59.6 Å². The third-order valence-electron chi connectivity index (χ3n) is 2.91. The lowest BCUT2D eigenvalue weighted by Crippen LogP contribution is -2.33. The molecule has 4 nitrogen and oxygen atoms in total. The molecule has 0 aliphatic carbocycles. The van der Waals surface area contributed by atoms with Crippen LogP contribution in [0.2, 0.25) is 5.02 Å². The largest absolute Gasteiger partial charge is 0.492 e. The van der Waals surface area contributed by atoms with Gasteiger partial charge in [0, 0.05) is 18.1 Å². The highest BCUT2D eigenvalue weighted by Crippen LogP contribution is 2.16. The fourth-order valence-electron chi connectivity index (χ4n) is 1.83. The minimum absolute atomic E-state index is 0.256. The molecule has 0 bridgehead atoms. The zero-order valence-electron chi connectivity index (χ0n) is 12.2. The number of ether oxygens (including phenoxy) is 2. The Morgan fingerprint density at radius 1 is 1.00 bits per heavy atom. The maximum absolute atomic E-state index is 9.82. The molecule has 1 atom stereocenters. The first-order valence-electron chi connectivity index (χ1n) is 7.19. The Morgan fingerprint density at radius 2 is 1.77 bits per heavy atom. The van der Waals surface area contributed by atoms with Crippen LogP contribution in [0.1, 0.15) is 0 Å². The zero-order chi connectivity index (χ0) is 15.6. The van der Waals surface area contributed by atoms with Gasteiger partial charge in [-0.3, -0.25) is 0 Å². The molecule has 2 N–H and O–H groups in total. The van der Waals surface area contributed by atoms with Crippen molar-refractivity contribution in [2.45, 2.75) is 6.10 Å². The van der Waals surface area contributed by atoms with Crippen LogP contribution < -0.4 is 14.8 Å². The van der Waals surface area contributed by atoms with Crippen LogP contribution in [0.25, 0.3) is 0 Å². The first-order chi connectivity index (χ1) is 10.7. The summed E-state index contributed by atoms with van der Waals surface area (Å²) in [4.78, 5) is 0. The summed E-state index contributed by atoms with van der Waals surface area (Å²) in [5.74, 6) is 1.49. The van der Waals surface area contributed by atoms with Gasteiger partial charge in [0.15, 0.2) is 0 Å². The molecule has 5 heteroatoms. The van der Waals surface area contributed by atoms with Crippen molar-refractivity contribution in [3.63, 3.8) is 0 Å². The number of hydrogen-bond donors (Lipinski definition) is 2. The summed E-state index contributed by atoms with van der Waals surface area (Å²) in [6.07, 6.45) is -0.564. The number of rotatable bonds is 9. The minimum atomic E-state index is -0.564. The topological polar surface area (TPSA) is 50.7 Å². The Labute approximate surface area is 135 Å². The lowest BCUT2D eigenvalue weighted by Gasteiger charge is -2.13. The van der Waals surface area contributed by atoms with E-state index in [0.717, 1.165) is 11.5 Å². The van der Waals surface area contributed by atoms with E-state index in [1.807, 2.05) is 42.5 Å². The van der Waals surface area contributed by atoms with Gasteiger partial charge < -0.3 is 19.9 Å². The van der Waals surface area contributed by atoms with Crippen molar-refractivity contribution in [1.29, 1.82) is 0 Å². The van der Waals surface area contributed by atoms with E-state index in [9.17, 15) is 5.11 Å². The first kappa shape index (κ1) is 16.6. The van der Waals surface area contributed by atoms with E-state index in [4.69, 9.17) is 21.1 Å². The highest BCUT2D eigenvalue weighted by molar-refractivity contribution is 6.30.